The van der Waals surface area contributed by atoms with Gasteiger partial charge in [0.1, 0.15) is 0 Å². The third-order valence-corrected chi connectivity index (χ3v) is 3.90. The molecular formula is C11H18N2S. The van der Waals surface area contributed by atoms with Crippen LogP contribution in [-0.2, 0) is 6.42 Å². The molecule has 78 valence electrons. The normalized spacial score (nSPS) is 24.0. The van der Waals surface area contributed by atoms with Gasteiger partial charge in [-0.2, -0.15) is 0 Å². The molecule has 1 saturated heterocycles. The van der Waals surface area contributed by atoms with Crippen LogP contribution in [0.3, 0.4) is 0 Å². The van der Waals surface area contributed by atoms with Crippen LogP contribution in [0, 0.1) is 6.92 Å². The van der Waals surface area contributed by atoms with Crippen LogP contribution in [0.5, 0.6) is 0 Å². The van der Waals surface area contributed by atoms with Crippen LogP contribution >= 0.6 is 11.3 Å². The van der Waals surface area contributed by atoms with Crippen LogP contribution in [0.1, 0.15) is 10.4 Å². The zero-order valence-corrected chi connectivity index (χ0v) is 9.73. The Balaban J connectivity index is 1.94. The first-order valence-corrected chi connectivity index (χ1v) is 6.08. The molecular weight excluding hydrogens is 192 g/mol. The molecule has 0 spiro atoms. The van der Waals surface area contributed by atoms with E-state index in [4.69, 9.17) is 0 Å². The van der Waals surface area contributed by atoms with Crippen LogP contribution in [0.25, 0.3) is 0 Å². The first-order chi connectivity index (χ1) is 6.75. The maximum atomic E-state index is 3.58. The number of nitrogens with zero attached hydrogens (tertiary/aromatic N) is 1. The number of nitrogens with one attached hydrogen (secondary N) is 1. The number of rotatable bonds is 2. The van der Waals surface area contributed by atoms with E-state index in [0.29, 0.717) is 6.04 Å². The molecule has 1 fully saturated rings. The second-order valence-electron chi connectivity index (χ2n) is 4.14. The van der Waals surface area contributed by atoms with Crippen molar-refractivity contribution in [2.24, 2.45) is 0 Å². The molecule has 0 amide bonds. The molecule has 0 aromatic carbocycles. The second-order valence-corrected chi connectivity index (χ2v) is 5.14. The third kappa shape index (κ3) is 2.35. The first-order valence-electron chi connectivity index (χ1n) is 5.20. The Morgan fingerprint density at radius 3 is 3.14 bits per heavy atom. The summed E-state index contributed by atoms with van der Waals surface area (Å²) in [5.74, 6) is 0. The summed E-state index contributed by atoms with van der Waals surface area (Å²) in [5.41, 5.74) is 1.45. The van der Waals surface area contributed by atoms with Crippen molar-refractivity contribution in [2.45, 2.75) is 19.4 Å². The fourth-order valence-electron chi connectivity index (χ4n) is 1.97. The standard InChI is InChI=1S/C11H18N2S/c1-9-3-6-14-11(9)7-10-8-13(2)5-4-12-10/h3,6,10,12H,4-5,7-8H2,1-2H3. The Morgan fingerprint density at radius 1 is 1.64 bits per heavy atom. The van der Waals surface area contributed by atoms with Crippen molar-refractivity contribution in [3.63, 3.8) is 0 Å². The van der Waals surface area contributed by atoms with Crippen molar-refractivity contribution in [3.05, 3.63) is 21.9 Å². The average molecular weight is 210 g/mol. The van der Waals surface area contributed by atoms with Gasteiger partial charge in [-0.1, -0.05) is 0 Å². The van der Waals surface area contributed by atoms with Gasteiger partial charge in [-0.05, 0) is 37.4 Å². The lowest BCUT2D eigenvalue weighted by Crippen LogP contribution is -2.49. The van der Waals surface area contributed by atoms with E-state index in [1.807, 2.05) is 11.3 Å². The van der Waals surface area contributed by atoms with E-state index in [1.165, 1.54) is 30.0 Å². The summed E-state index contributed by atoms with van der Waals surface area (Å²) >= 11 is 1.89. The van der Waals surface area contributed by atoms with Gasteiger partial charge in [0.05, 0.1) is 0 Å². The predicted octanol–water partition coefficient (Wildman–Crippen LogP) is 1.50. The number of thiophene rings is 1. The quantitative estimate of drug-likeness (QED) is 0.796. The van der Waals surface area contributed by atoms with E-state index < -0.39 is 0 Å². The van der Waals surface area contributed by atoms with Crippen LogP contribution in [0.4, 0.5) is 0 Å². The molecule has 1 N–H and O–H groups in total. The first kappa shape index (κ1) is 10.1. The van der Waals surface area contributed by atoms with Crippen LogP contribution in [0.2, 0.25) is 0 Å². The number of likely N-dealkylation sites (N-methyl/N-ethyl adjacent to an activating group) is 1. The van der Waals surface area contributed by atoms with Crippen molar-refractivity contribution < 1.29 is 0 Å². The monoisotopic (exact) mass is 210 g/mol. The minimum Gasteiger partial charge on any atom is -0.311 e. The van der Waals surface area contributed by atoms with Gasteiger partial charge in [0.15, 0.2) is 0 Å². The molecule has 1 aromatic rings. The molecule has 1 atom stereocenters. The predicted molar refractivity (Wildman–Crippen MR) is 62.0 cm³/mol. The molecule has 2 rings (SSSR count). The van der Waals surface area contributed by atoms with Crippen molar-refractivity contribution in [1.29, 1.82) is 0 Å². The Labute approximate surface area is 89.9 Å². The molecule has 2 heterocycles. The van der Waals surface area contributed by atoms with Crippen molar-refractivity contribution >= 4 is 11.3 Å². The van der Waals surface area contributed by atoms with E-state index in [2.05, 4.69) is 35.6 Å². The summed E-state index contributed by atoms with van der Waals surface area (Å²) in [7, 11) is 2.20. The van der Waals surface area contributed by atoms with Gasteiger partial charge in [-0.25, -0.2) is 0 Å². The molecule has 0 radical (unpaired) electrons. The zero-order valence-electron chi connectivity index (χ0n) is 8.92. The summed E-state index contributed by atoms with van der Waals surface area (Å²) in [5, 5.41) is 5.77. The van der Waals surface area contributed by atoms with Crippen LogP contribution in [-0.4, -0.2) is 37.6 Å². The van der Waals surface area contributed by atoms with E-state index in [0.717, 1.165) is 6.54 Å². The summed E-state index contributed by atoms with van der Waals surface area (Å²) in [4.78, 5) is 3.95. The Bertz CT molecular complexity index is 295. The average Bonchev–Trinajstić information content (AvgIpc) is 2.52. The van der Waals surface area contributed by atoms with Crippen molar-refractivity contribution in [2.75, 3.05) is 26.7 Å². The van der Waals surface area contributed by atoms with Gasteiger partial charge in [0.2, 0.25) is 0 Å². The highest BCUT2D eigenvalue weighted by molar-refractivity contribution is 7.10. The van der Waals surface area contributed by atoms with Gasteiger partial charge in [-0.15, -0.1) is 11.3 Å². The van der Waals surface area contributed by atoms with Gasteiger partial charge in [0.25, 0.3) is 0 Å². The topological polar surface area (TPSA) is 15.3 Å². The maximum absolute atomic E-state index is 3.58. The van der Waals surface area contributed by atoms with Crippen molar-refractivity contribution in [3.8, 4) is 0 Å². The maximum Gasteiger partial charge on any atom is 0.0243 e. The lowest BCUT2D eigenvalue weighted by Gasteiger charge is -2.30. The highest BCUT2D eigenvalue weighted by atomic mass is 32.1. The fourth-order valence-corrected chi connectivity index (χ4v) is 2.95. The molecule has 0 bridgehead atoms. The van der Waals surface area contributed by atoms with Gasteiger partial charge < -0.3 is 10.2 Å². The molecule has 2 nitrogen and oxygen atoms in total. The number of hydrogen-bond acceptors (Lipinski definition) is 3. The summed E-state index contributed by atoms with van der Waals surface area (Å²) < 4.78 is 0. The summed E-state index contributed by atoms with van der Waals surface area (Å²) in [6.45, 7) is 5.70. The molecule has 3 heteroatoms. The summed E-state index contributed by atoms with van der Waals surface area (Å²) in [6, 6.07) is 2.86. The lowest BCUT2D eigenvalue weighted by molar-refractivity contribution is 0.238. The van der Waals surface area contributed by atoms with Crippen LogP contribution in [0.15, 0.2) is 11.4 Å². The van der Waals surface area contributed by atoms with Gasteiger partial charge >= 0.3 is 0 Å². The minimum atomic E-state index is 0.645. The number of piperazine rings is 1. The smallest absolute Gasteiger partial charge is 0.0243 e. The Morgan fingerprint density at radius 2 is 2.50 bits per heavy atom. The SMILES string of the molecule is Cc1ccsc1CC1CN(C)CCN1. The third-order valence-electron chi connectivity index (χ3n) is 2.86. The fraction of sp³-hybridized carbons (Fsp3) is 0.636. The molecule has 0 saturated carbocycles. The molecule has 1 unspecified atom stereocenters. The highest BCUT2D eigenvalue weighted by Gasteiger charge is 2.17. The van der Waals surface area contributed by atoms with E-state index in [-0.39, 0.29) is 0 Å². The Hall–Kier alpha value is -0.380. The van der Waals surface area contributed by atoms with E-state index in [9.17, 15) is 0 Å². The van der Waals surface area contributed by atoms with Crippen LogP contribution < -0.4 is 5.32 Å². The molecule has 1 aromatic heterocycles. The molecule has 14 heavy (non-hydrogen) atoms. The lowest BCUT2D eigenvalue weighted by atomic mass is 10.1. The largest absolute Gasteiger partial charge is 0.311 e. The number of aryl methyl sites for hydroxylation is 1. The molecule has 1 aliphatic rings. The number of hydrogen-bond donors (Lipinski definition) is 1. The van der Waals surface area contributed by atoms with E-state index >= 15 is 0 Å². The van der Waals surface area contributed by atoms with Gasteiger partial charge in [0, 0.05) is 30.6 Å². The minimum absolute atomic E-state index is 0.645. The Kier molecular flexibility index (Phi) is 3.21. The van der Waals surface area contributed by atoms with Gasteiger partial charge in [-0.3, -0.25) is 0 Å². The second kappa shape index (κ2) is 4.43. The summed E-state index contributed by atoms with van der Waals surface area (Å²) in [6.07, 6.45) is 1.19. The van der Waals surface area contributed by atoms with Crippen molar-refractivity contribution in [1.82, 2.24) is 10.2 Å². The molecule has 1 aliphatic heterocycles. The highest BCUT2D eigenvalue weighted by Crippen LogP contribution is 2.18. The van der Waals surface area contributed by atoms with E-state index in [1.54, 1.807) is 0 Å². The zero-order chi connectivity index (χ0) is 9.97. The molecule has 0 aliphatic carbocycles.